The molecule has 1 heterocycles. The minimum atomic E-state index is -0.339. The normalized spacial score (nSPS) is 27.4. The third-order valence-corrected chi connectivity index (χ3v) is 3.25. The summed E-state index contributed by atoms with van der Waals surface area (Å²) in [6.07, 6.45) is 5.02. The summed E-state index contributed by atoms with van der Waals surface area (Å²) in [5.41, 5.74) is 0. The van der Waals surface area contributed by atoms with Crippen molar-refractivity contribution in [2.75, 3.05) is 18.9 Å². The molecule has 58 valence electrons. The van der Waals surface area contributed by atoms with Gasteiger partial charge in [-0.2, -0.15) is 5.25 Å². The predicted molar refractivity (Wildman–Crippen MR) is 41.0 cm³/mol. The molecule has 1 aliphatic rings. The molecule has 1 unspecified atom stereocenters. The Balaban J connectivity index is 2.21. The Morgan fingerprint density at radius 1 is 1.60 bits per heavy atom. The molecule has 1 N–H and O–H groups in total. The highest BCUT2D eigenvalue weighted by Crippen LogP contribution is 2.31. The van der Waals surface area contributed by atoms with E-state index < -0.39 is 0 Å². The molecule has 1 aliphatic heterocycles. The van der Waals surface area contributed by atoms with Crippen molar-refractivity contribution in [3.63, 3.8) is 0 Å². The van der Waals surface area contributed by atoms with E-state index in [1.54, 1.807) is 0 Å². The highest BCUT2D eigenvalue weighted by molar-refractivity contribution is 7.56. The van der Waals surface area contributed by atoms with Crippen molar-refractivity contribution in [1.82, 2.24) is 5.25 Å². The molecule has 0 bridgehead atoms. The number of hydrogen-bond acceptors (Lipinski definition) is 3. The van der Waals surface area contributed by atoms with Crippen LogP contribution in [0, 0.1) is 0 Å². The molecule has 0 spiro atoms. The zero-order valence-corrected chi connectivity index (χ0v) is 6.77. The van der Waals surface area contributed by atoms with Crippen LogP contribution in [0.15, 0.2) is 0 Å². The average molecular weight is 161 g/mol. The van der Waals surface area contributed by atoms with Gasteiger partial charge in [0.05, 0.1) is 6.61 Å². The second-order valence-corrected chi connectivity index (χ2v) is 4.33. The van der Waals surface area contributed by atoms with Gasteiger partial charge in [0.2, 0.25) is 0 Å². The van der Waals surface area contributed by atoms with Gasteiger partial charge in [0, 0.05) is 6.16 Å². The molecule has 1 fully saturated rings. The van der Waals surface area contributed by atoms with Crippen molar-refractivity contribution < 1.29 is 9.63 Å². The van der Waals surface area contributed by atoms with E-state index in [4.69, 9.17) is 4.84 Å². The fourth-order valence-electron chi connectivity index (χ4n) is 0.878. The van der Waals surface area contributed by atoms with Gasteiger partial charge in [-0.15, -0.1) is 0 Å². The second kappa shape index (κ2) is 4.78. The zero-order chi connectivity index (χ0) is 7.23. The molecule has 0 amide bonds. The molecule has 0 aromatic heterocycles. The van der Waals surface area contributed by atoms with Crippen molar-refractivity contribution in [2.24, 2.45) is 0 Å². The number of nitrogens with one attached hydrogen (secondary N) is 1. The molecule has 0 aromatic carbocycles. The summed E-state index contributed by atoms with van der Waals surface area (Å²) in [4.78, 5) is 15.2. The quantitative estimate of drug-likeness (QED) is 0.483. The summed E-state index contributed by atoms with van der Waals surface area (Å²) in [6, 6.07) is 0. The fourth-order valence-corrected chi connectivity index (χ4v) is 2.29. The largest absolute Gasteiger partial charge is 0.303 e. The Morgan fingerprint density at radius 2 is 2.50 bits per heavy atom. The molecule has 1 rings (SSSR count). The first kappa shape index (κ1) is 8.12. The minimum Gasteiger partial charge on any atom is -0.303 e. The third-order valence-electron chi connectivity index (χ3n) is 1.41. The van der Waals surface area contributed by atoms with Crippen LogP contribution in [0.5, 0.6) is 0 Å². The highest BCUT2D eigenvalue weighted by atomic mass is 31.1. The number of rotatable bonds is 2. The van der Waals surface area contributed by atoms with Crippen LogP contribution in [-0.4, -0.2) is 25.2 Å². The lowest BCUT2D eigenvalue weighted by Gasteiger charge is -2.10. The minimum absolute atomic E-state index is 0.339. The molecule has 0 saturated carbocycles. The smallest absolute Gasteiger partial charge is 0.125 e. The molecule has 1 atom stereocenters. The summed E-state index contributed by atoms with van der Waals surface area (Å²) < 4.78 is 0. The van der Waals surface area contributed by atoms with Gasteiger partial charge in [0.15, 0.2) is 0 Å². The van der Waals surface area contributed by atoms with Gasteiger partial charge in [-0.3, -0.25) is 4.84 Å². The van der Waals surface area contributed by atoms with E-state index in [9.17, 15) is 4.79 Å². The van der Waals surface area contributed by atoms with Crippen molar-refractivity contribution >= 4 is 14.4 Å². The Morgan fingerprint density at radius 3 is 3.30 bits per heavy atom. The topological polar surface area (TPSA) is 38.3 Å². The van der Waals surface area contributed by atoms with Crippen LogP contribution in [0.2, 0.25) is 0 Å². The van der Waals surface area contributed by atoms with E-state index in [-0.39, 0.29) is 8.07 Å². The first-order chi connectivity index (χ1) is 4.93. The second-order valence-electron chi connectivity index (χ2n) is 2.26. The Kier molecular flexibility index (Phi) is 3.88. The van der Waals surface area contributed by atoms with Crippen LogP contribution >= 0.6 is 8.07 Å². The Labute approximate surface area is 61.9 Å². The van der Waals surface area contributed by atoms with Gasteiger partial charge in [-0.1, -0.05) is 0 Å². The van der Waals surface area contributed by atoms with Crippen molar-refractivity contribution in [3.8, 4) is 0 Å². The van der Waals surface area contributed by atoms with Crippen molar-refractivity contribution in [2.45, 2.75) is 12.8 Å². The first-order valence-corrected chi connectivity index (χ1v) is 5.20. The fraction of sp³-hybridized carbons (Fsp3) is 0.833. The van der Waals surface area contributed by atoms with Crippen LogP contribution in [0.3, 0.4) is 0 Å². The van der Waals surface area contributed by atoms with Gasteiger partial charge in [-0.05, 0) is 27.1 Å². The van der Waals surface area contributed by atoms with Crippen LogP contribution in [0.25, 0.3) is 0 Å². The number of carbonyl (C=O) groups excluding carboxylic acids is 1. The van der Waals surface area contributed by atoms with E-state index in [0.29, 0.717) is 6.16 Å². The van der Waals surface area contributed by atoms with E-state index in [1.165, 1.54) is 6.42 Å². The number of hydrogen-bond donors (Lipinski definition) is 1. The molecule has 10 heavy (non-hydrogen) atoms. The molecule has 4 heteroatoms. The van der Waals surface area contributed by atoms with E-state index in [0.717, 1.165) is 25.5 Å². The maximum Gasteiger partial charge on any atom is 0.125 e. The van der Waals surface area contributed by atoms with Crippen LogP contribution < -0.4 is 5.25 Å². The summed E-state index contributed by atoms with van der Waals surface area (Å²) in [6.45, 7) is 0.789. The van der Waals surface area contributed by atoms with Crippen LogP contribution in [0.1, 0.15) is 12.8 Å². The molecule has 0 aliphatic carbocycles. The van der Waals surface area contributed by atoms with E-state index in [2.05, 4.69) is 5.25 Å². The number of carbonyl (C=O) groups is 1. The number of aldehydes is 1. The third kappa shape index (κ3) is 2.74. The molecule has 0 radical (unpaired) electrons. The van der Waals surface area contributed by atoms with Crippen LogP contribution in [-0.2, 0) is 9.63 Å². The summed E-state index contributed by atoms with van der Waals surface area (Å²) >= 11 is 0. The summed E-state index contributed by atoms with van der Waals surface area (Å²) in [7, 11) is -0.339. The van der Waals surface area contributed by atoms with Crippen molar-refractivity contribution in [3.05, 3.63) is 0 Å². The lowest BCUT2D eigenvalue weighted by atomic mass is 10.4. The van der Waals surface area contributed by atoms with Gasteiger partial charge in [0.1, 0.15) is 6.29 Å². The maximum absolute atomic E-state index is 10.1. The zero-order valence-electron chi connectivity index (χ0n) is 5.88. The van der Waals surface area contributed by atoms with Gasteiger partial charge >= 0.3 is 0 Å². The molecule has 0 aromatic rings. The molecular weight excluding hydrogens is 149 g/mol. The lowest BCUT2D eigenvalue weighted by molar-refractivity contribution is -0.105. The summed E-state index contributed by atoms with van der Waals surface area (Å²) in [5.74, 6) is 0. The lowest BCUT2D eigenvalue weighted by Crippen LogP contribution is -2.09. The van der Waals surface area contributed by atoms with Gasteiger partial charge in [0.25, 0.3) is 0 Å². The monoisotopic (exact) mass is 161 g/mol. The maximum atomic E-state index is 10.1. The first-order valence-electron chi connectivity index (χ1n) is 3.49. The Bertz CT molecular complexity index is 102. The predicted octanol–water partition coefficient (Wildman–Crippen LogP) is 0.897. The average Bonchev–Trinajstić information content (AvgIpc) is 2.17. The van der Waals surface area contributed by atoms with E-state index >= 15 is 0 Å². The van der Waals surface area contributed by atoms with Gasteiger partial charge in [-0.25, -0.2) is 0 Å². The Hall–Kier alpha value is 0.0200. The van der Waals surface area contributed by atoms with Crippen molar-refractivity contribution in [1.29, 1.82) is 0 Å². The standard InChI is InChI=1S/C6H12NO2P/c8-3-6-10-5-2-1-4-9-7-10/h3,7H,1-2,4-6H2. The van der Waals surface area contributed by atoms with Gasteiger partial charge < -0.3 is 4.79 Å². The van der Waals surface area contributed by atoms with Crippen LogP contribution in [0.4, 0.5) is 0 Å². The molecule has 1 saturated heterocycles. The highest BCUT2D eigenvalue weighted by Gasteiger charge is 2.09. The van der Waals surface area contributed by atoms with E-state index in [1.807, 2.05) is 0 Å². The molecule has 3 nitrogen and oxygen atoms in total. The SMILES string of the molecule is O=CCP1CCCCON1. The summed E-state index contributed by atoms with van der Waals surface area (Å²) in [5, 5.41) is 2.92. The molecular formula is C6H12NO2P.